The minimum atomic E-state index is -3.07. The second-order valence-corrected chi connectivity index (χ2v) is 7.00. The fourth-order valence-corrected chi connectivity index (χ4v) is 4.14. The van der Waals surface area contributed by atoms with E-state index in [1.54, 1.807) is 0 Å². The van der Waals surface area contributed by atoms with Gasteiger partial charge in [-0.05, 0) is 25.8 Å². The minimum Gasteiger partial charge on any atom is -0.384 e. The molecule has 0 aliphatic carbocycles. The van der Waals surface area contributed by atoms with E-state index in [1.165, 1.54) is 7.11 Å². The fraction of sp³-hybridized carbons (Fsp3) is 1.00. The zero-order valence-electron chi connectivity index (χ0n) is 12.2. The normalized spacial score (nSPS) is 15.6. The van der Waals surface area contributed by atoms with Gasteiger partial charge in [-0.2, -0.15) is 0 Å². The molecular formula is C13H29NO3S. The Morgan fingerprint density at radius 1 is 1.17 bits per heavy atom. The third-order valence-electron chi connectivity index (χ3n) is 3.14. The molecule has 0 saturated carbocycles. The van der Waals surface area contributed by atoms with Crippen LogP contribution in [0.15, 0.2) is 0 Å². The quantitative estimate of drug-likeness (QED) is 0.628. The fourth-order valence-electron chi connectivity index (χ4n) is 2.20. The Hall–Kier alpha value is -0.130. The first-order chi connectivity index (χ1) is 8.53. The smallest absolute Gasteiger partial charge is 0.156 e. The Balaban J connectivity index is 4.75. The molecule has 0 aromatic rings. The van der Waals surface area contributed by atoms with Crippen LogP contribution in [-0.4, -0.2) is 45.7 Å². The van der Waals surface area contributed by atoms with Crippen LogP contribution in [0.5, 0.6) is 0 Å². The second kappa shape index (κ2) is 9.75. The number of ether oxygens (including phenoxy) is 1. The summed E-state index contributed by atoms with van der Waals surface area (Å²) in [6.45, 7) is 7.29. The first-order valence-electron chi connectivity index (χ1n) is 6.97. The third-order valence-corrected chi connectivity index (χ3v) is 5.46. The number of sulfone groups is 1. The van der Waals surface area contributed by atoms with Crippen molar-refractivity contribution in [2.45, 2.75) is 57.7 Å². The van der Waals surface area contributed by atoms with Gasteiger partial charge in [0.1, 0.15) is 0 Å². The topological polar surface area (TPSA) is 55.4 Å². The summed E-state index contributed by atoms with van der Waals surface area (Å²) >= 11 is 0. The average molecular weight is 279 g/mol. The van der Waals surface area contributed by atoms with Crippen LogP contribution in [-0.2, 0) is 14.6 Å². The van der Waals surface area contributed by atoms with E-state index in [0.717, 1.165) is 25.8 Å². The zero-order chi connectivity index (χ0) is 14.0. The first-order valence-corrected chi connectivity index (χ1v) is 8.68. The highest BCUT2D eigenvalue weighted by Crippen LogP contribution is 2.16. The molecule has 0 aliphatic rings. The number of nitrogens with one attached hydrogen (secondary N) is 1. The van der Waals surface area contributed by atoms with Crippen molar-refractivity contribution in [2.75, 3.05) is 26.0 Å². The Labute approximate surface area is 112 Å². The first kappa shape index (κ1) is 17.9. The van der Waals surface area contributed by atoms with Crippen molar-refractivity contribution in [2.24, 2.45) is 0 Å². The molecule has 0 rings (SSSR count). The van der Waals surface area contributed by atoms with Crippen LogP contribution in [0.4, 0.5) is 0 Å². The van der Waals surface area contributed by atoms with Gasteiger partial charge in [-0.3, -0.25) is 0 Å². The van der Waals surface area contributed by atoms with Gasteiger partial charge in [0.15, 0.2) is 9.84 Å². The molecule has 0 radical (unpaired) electrons. The molecule has 0 heterocycles. The van der Waals surface area contributed by atoms with Gasteiger partial charge in [-0.1, -0.05) is 27.2 Å². The molecule has 0 amide bonds. The molecule has 0 fully saturated rings. The average Bonchev–Trinajstić information content (AvgIpc) is 2.34. The number of hydrogen-bond donors (Lipinski definition) is 1. The summed E-state index contributed by atoms with van der Waals surface area (Å²) in [5, 5.41) is 3.09. The van der Waals surface area contributed by atoms with Crippen molar-refractivity contribution in [1.82, 2.24) is 5.32 Å². The Morgan fingerprint density at radius 3 is 2.28 bits per heavy atom. The number of rotatable bonds is 11. The molecule has 4 nitrogen and oxygen atoms in total. The SMILES string of the molecule is CCCNC(CCC)C(CC)S(=O)(=O)CCOC. The maximum absolute atomic E-state index is 12.3. The maximum Gasteiger partial charge on any atom is 0.156 e. The summed E-state index contributed by atoms with van der Waals surface area (Å²) in [5.74, 6) is 0.121. The van der Waals surface area contributed by atoms with E-state index in [9.17, 15) is 8.42 Å². The lowest BCUT2D eigenvalue weighted by molar-refractivity contribution is 0.216. The van der Waals surface area contributed by atoms with E-state index in [2.05, 4.69) is 19.2 Å². The van der Waals surface area contributed by atoms with Crippen molar-refractivity contribution >= 4 is 9.84 Å². The van der Waals surface area contributed by atoms with E-state index in [-0.39, 0.29) is 23.7 Å². The van der Waals surface area contributed by atoms with Crippen molar-refractivity contribution in [1.29, 1.82) is 0 Å². The summed E-state index contributed by atoms with van der Waals surface area (Å²) in [7, 11) is -1.54. The minimum absolute atomic E-state index is 0.0711. The highest BCUT2D eigenvalue weighted by Gasteiger charge is 2.30. The highest BCUT2D eigenvalue weighted by molar-refractivity contribution is 7.92. The number of hydrogen-bond acceptors (Lipinski definition) is 4. The van der Waals surface area contributed by atoms with Gasteiger partial charge in [-0.15, -0.1) is 0 Å². The molecule has 0 aromatic carbocycles. The maximum atomic E-state index is 12.3. The van der Waals surface area contributed by atoms with E-state index >= 15 is 0 Å². The summed E-state index contributed by atoms with van der Waals surface area (Å²) in [5.41, 5.74) is 0. The number of methoxy groups -OCH3 is 1. The Morgan fingerprint density at radius 2 is 1.83 bits per heavy atom. The van der Waals surface area contributed by atoms with Gasteiger partial charge in [0, 0.05) is 13.2 Å². The second-order valence-electron chi connectivity index (χ2n) is 4.66. The van der Waals surface area contributed by atoms with E-state index in [4.69, 9.17) is 4.74 Å². The molecule has 0 aliphatic heterocycles. The summed E-state index contributed by atoms with van der Waals surface area (Å²) in [4.78, 5) is 0. The molecule has 5 heteroatoms. The van der Waals surface area contributed by atoms with Gasteiger partial charge < -0.3 is 10.1 Å². The van der Waals surface area contributed by atoms with Crippen LogP contribution in [0.1, 0.15) is 46.5 Å². The Kier molecular flexibility index (Phi) is 9.68. The van der Waals surface area contributed by atoms with Gasteiger partial charge >= 0.3 is 0 Å². The van der Waals surface area contributed by atoms with Gasteiger partial charge in [-0.25, -0.2) is 8.42 Å². The molecule has 2 atom stereocenters. The largest absolute Gasteiger partial charge is 0.384 e. The van der Waals surface area contributed by atoms with E-state index < -0.39 is 9.84 Å². The predicted octanol–water partition coefficient (Wildman–Crippen LogP) is 1.99. The lowest BCUT2D eigenvalue weighted by Crippen LogP contribution is -2.45. The zero-order valence-corrected chi connectivity index (χ0v) is 13.1. The summed E-state index contributed by atoms with van der Waals surface area (Å²) in [6.07, 6.45) is 3.59. The van der Waals surface area contributed by atoms with Crippen molar-refractivity contribution in [3.8, 4) is 0 Å². The third kappa shape index (κ3) is 6.16. The van der Waals surface area contributed by atoms with Crippen molar-refractivity contribution in [3.05, 3.63) is 0 Å². The summed E-state index contributed by atoms with van der Waals surface area (Å²) < 4.78 is 29.5. The van der Waals surface area contributed by atoms with Crippen LogP contribution in [0.2, 0.25) is 0 Å². The van der Waals surface area contributed by atoms with Crippen molar-refractivity contribution < 1.29 is 13.2 Å². The van der Waals surface area contributed by atoms with Crippen LogP contribution >= 0.6 is 0 Å². The molecule has 0 bridgehead atoms. The lowest BCUT2D eigenvalue weighted by atomic mass is 10.1. The van der Waals surface area contributed by atoms with Crippen LogP contribution in [0.3, 0.4) is 0 Å². The Bertz CT molecular complexity index is 291. The standard InChI is InChI=1S/C13H29NO3S/c1-5-8-12(14-9-6-2)13(7-3)18(15,16)11-10-17-4/h12-14H,5-11H2,1-4H3. The molecule has 2 unspecified atom stereocenters. The molecule has 0 saturated heterocycles. The molecule has 18 heavy (non-hydrogen) atoms. The van der Waals surface area contributed by atoms with Gasteiger partial charge in [0.05, 0.1) is 17.6 Å². The van der Waals surface area contributed by atoms with Crippen molar-refractivity contribution in [3.63, 3.8) is 0 Å². The molecule has 110 valence electrons. The van der Waals surface area contributed by atoms with Crippen LogP contribution < -0.4 is 5.32 Å². The monoisotopic (exact) mass is 279 g/mol. The summed E-state index contributed by atoms with van der Waals surface area (Å²) in [6, 6.07) is 0.0711. The highest BCUT2D eigenvalue weighted by atomic mass is 32.2. The van der Waals surface area contributed by atoms with Gasteiger partial charge in [0.25, 0.3) is 0 Å². The molecule has 1 N–H and O–H groups in total. The van der Waals surface area contributed by atoms with E-state index in [1.807, 2.05) is 6.92 Å². The lowest BCUT2D eigenvalue weighted by Gasteiger charge is -2.27. The van der Waals surface area contributed by atoms with Crippen LogP contribution in [0.25, 0.3) is 0 Å². The molecular weight excluding hydrogens is 250 g/mol. The molecule has 0 aromatic heterocycles. The van der Waals surface area contributed by atoms with Gasteiger partial charge in [0.2, 0.25) is 0 Å². The predicted molar refractivity (Wildman–Crippen MR) is 76.7 cm³/mol. The van der Waals surface area contributed by atoms with Crippen LogP contribution in [0, 0.1) is 0 Å². The molecule has 0 spiro atoms. The van der Waals surface area contributed by atoms with E-state index in [0.29, 0.717) is 6.42 Å².